The Bertz CT molecular complexity index is 412. The van der Waals surface area contributed by atoms with E-state index in [1.807, 2.05) is 12.1 Å². The molecule has 0 bridgehead atoms. The molecule has 0 unspecified atom stereocenters. The average Bonchev–Trinajstić information content (AvgIpc) is 2.52. The predicted molar refractivity (Wildman–Crippen MR) is 86.3 cm³/mol. The number of carbonyl (C=O) groups is 2. The molecule has 0 heterocycles. The maximum Gasteiger partial charge on any atom is 0.220 e. The van der Waals surface area contributed by atoms with E-state index in [0.29, 0.717) is 18.5 Å². The molecule has 0 radical (unpaired) electrons. The van der Waals surface area contributed by atoms with Gasteiger partial charge in [-0.15, -0.1) is 0 Å². The first kappa shape index (κ1) is 17.4. The summed E-state index contributed by atoms with van der Waals surface area (Å²) >= 11 is 0. The van der Waals surface area contributed by atoms with E-state index >= 15 is 0 Å². The third kappa shape index (κ3) is 8.28. The summed E-state index contributed by atoms with van der Waals surface area (Å²) in [5, 5.41) is 2.92. The highest BCUT2D eigenvalue weighted by Gasteiger charge is 2.01. The van der Waals surface area contributed by atoms with Crippen LogP contribution in [0.5, 0.6) is 0 Å². The fourth-order valence-electron chi connectivity index (χ4n) is 2.25. The van der Waals surface area contributed by atoms with Gasteiger partial charge < -0.3 is 5.32 Å². The minimum absolute atomic E-state index is 0.114. The fraction of sp³-hybridized carbons (Fsp3) is 0.556. The van der Waals surface area contributed by atoms with E-state index in [2.05, 4.69) is 12.2 Å². The quantitative estimate of drug-likeness (QED) is 0.489. The first-order valence-electron chi connectivity index (χ1n) is 8.07. The summed E-state index contributed by atoms with van der Waals surface area (Å²) in [4.78, 5) is 22.3. The summed E-state index contributed by atoms with van der Waals surface area (Å²) in [6.07, 6.45) is 9.99. The number of nitrogens with one attached hydrogen (secondary N) is 1. The largest absolute Gasteiger partial charge is 0.352 e. The molecule has 0 saturated carbocycles. The van der Waals surface area contributed by atoms with Gasteiger partial charge >= 0.3 is 0 Å². The molecule has 21 heavy (non-hydrogen) atoms. The van der Waals surface area contributed by atoms with Gasteiger partial charge in [-0.2, -0.15) is 0 Å². The molecule has 1 N–H and O–H groups in total. The zero-order chi connectivity index (χ0) is 15.3. The molecule has 0 aliphatic heterocycles. The van der Waals surface area contributed by atoms with Crippen LogP contribution in [0.4, 0.5) is 0 Å². The predicted octanol–water partition coefficient (Wildman–Crippen LogP) is 4.26. The number of hydrogen-bond donors (Lipinski definition) is 1. The summed E-state index contributed by atoms with van der Waals surface area (Å²) in [6, 6.07) is 7.28. The van der Waals surface area contributed by atoms with Crippen molar-refractivity contribution in [2.75, 3.05) is 0 Å². The SMILES string of the molecule is CCCCCCCCCC(=O)NCc1ccc(C=O)cc1. The third-order valence-electron chi connectivity index (χ3n) is 3.61. The maximum atomic E-state index is 11.7. The van der Waals surface area contributed by atoms with Crippen molar-refractivity contribution in [3.05, 3.63) is 35.4 Å². The number of carbonyl (C=O) groups excluding carboxylic acids is 2. The van der Waals surface area contributed by atoms with Crippen molar-refractivity contribution >= 4 is 12.2 Å². The second kappa shape index (κ2) is 11.1. The molecule has 1 aromatic rings. The standard InChI is InChI=1S/C18H27NO2/c1-2-3-4-5-6-7-8-9-18(21)19-14-16-10-12-17(15-20)13-11-16/h10-13,15H,2-9,14H2,1H3,(H,19,21). The fourth-order valence-corrected chi connectivity index (χ4v) is 2.25. The summed E-state index contributed by atoms with van der Waals surface area (Å²) in [7, 11) is 0. The Hall–Kier alpha value is -1.64. The zero-order valence-corrected chi connectivity index (χ0v) is 13.1. The monoisotopic (exact) mass is 289 g/mol. The van der Waals surface area contributed by atoms with Crippen LogP contribution < -0.4 is 5.32 Å². The van der Waals surface area contributed by atoms with Gasteiger partial charge in [0.1, 0.15) is 6.29 Å². The van der Waals surface area contributed by atoms with E-state index in [1.54, 1.807) is 12.1 Å². The van der Waals surface area contributed by atoms with E-state index in [1.165, 1.54) is 32.1 Å². The smallest absolute Gasteiger partial charge is 0.220 e. The first-order chi connectivity index (χ1) is 10.3. The van der Waals surface area contributed by atoms with Crippen LogP contribution >= 0.6 is 0 Å². The van der Waals surface area contributed by atoms with Crippen LogP contribution in [0.2, 0.25) is 0 Å². The van der Waals surface area contributed by atoms with Gasteiger partial charge in [0.25, 0.3) is 0 Å². The van der Waals surface area contributed by atoms with E-state index in [4.69, 9.17) is 0 Å². The molecule has 1 rings (SSSR count). The number of unbranched alkanes of at least 4 members (excludes halogenated alkanes) is 6. The second-order valence-electron chi connectivity index (χ2n) is 5.51. The number of aldehydes is 1. The number of benzene rings is 1. The molecule has 1 aromatic carbocycles. The molecule has 0 spiro atoms. The third-order valence-corrected chi connectivity index (χ3v) is 3.61. The van der Waals surface area contributed by atoms with Crippen LogP contribution in [0.25, 0.3) is 0 Å². The van der Waals surface area contributed by atoms with Crippen molar-refractivity contribution < 1.29 is 9.59 Å². The lowest BCUT2D eigenvalue weighted by atomic mass is 10.1. The van der Waals surface area contributed by atoms with Gasteiger partial charge in [-0.05, 0) is 12.0 Å². The zero-order valence-electron chi connectivity index (χ0n) is 13.1. The van der Waals surface area contributed by atoms with Gasteiger partial charge in [0.2, 0.25) is 5.91 Å². The van der Waals surface area contributed by atoms with Crippen LogP contribution in [0.15, 0.2) is 24.3 Å². The molecule has 0 aromatic heterocycles. The molecule has 0 atom stereocenters. The van der Waals surface area contributed by atoms with Crippen LogP contribution in [0.3, 0.4) is 0 Å². The first-order valence-corrected chi connectivity index (χ1v) is 8.07. The summed E-state index contributed by atoms with van der Waals surface area (Å²) in [5.41, 5.74) is 1.68. The van der Waals surface area contributed by atoms with E-state index in [-0.39, 0.29) is 5.91 Å². The Labute approximate surface area is 128 Å². The molecule has 3 nitrogen and oxygen atoms in total. The number of amides is 1. The minimum Gasteiger partial charge on any atom is -0.352 e. The second-order valence-corrected chi connectivity index (χ2v) is 5.51. The van der Waals surface area contributed by atoms with Crippen molar-refractivity contribution in [2.24, 2.45) is 0 Å². The van der Waals surface area contributed by atoms with E-state index in [0.717, 1.165) is 24.7 Å². The maximum absolute atomic E-state index is 11.7. The lowest BCUT2D eigenvalue weighted by molar-refractivity contribution is -0.121. The molecular weight excluding hydrogens is 262 g/mol. The van der Waals surface area contributed by atoms with Crippen molar-refractivity contribution in [2.45, 2.75) is 64.8 Å². The lowest BCUT2D eigenvalue weighted by Crippen LogP contribution is -2.22. The highest BCUT2D eigenvalue weighted by Crippen LogP contribution is 2.08. The summed E-state index contributed by atoms with van der Waals surface area (Å²) in [5.74, 6) is 0.114. The van der Waals surface area contributed by atoms with Crippen molar-refractivity contribution in [1.29, 1.82) is 0 Å². The van der Waals surface area contributed by atoms with Gasteiger partial charge in [-0.25, -0.2) is 0 Å². The molecule has 1 amide bonds. The Kier molecular flexibility index (Phi) is 9.18. The van der Waals surface area contributed by atoms with Gasteiger partial charge in [-0.3, -0.25) is 9.59 Å². The summed E-state index contributed by atoms with van der Waals surface area (Å²) < 4.78 is 0. The number of rotatable bonds is 11. The highest BCUT2D eigenvalue weighted by molar-refractivity contribution is 5.76. The molecule has 116 valence electrons. The van der Waals surface area contributed by atoms with E-state index in [9.17, 15) is 9.59 Å². The van der Waals surface area contributed by atoms with E-state index < -0.39 is 0 Å². The Morgan fingerprint density at radius 3 is 2.24 bits per heavy atom. The van der Waals surface area contributed by atoms with Gasteiger partial charge in [-0.1, -0.05) is 69.7 Å². The van der Waals surface area contributed by atoms with Gasteiger partial charge in [0.15, 0.2) is 0 Å². The summed E-state index contributed by atoms with van der Waals surface area (Å²) in [6.45, 7) is 2.76. The lowest BCUT2D eigenvalue weighted by Gasteiger charge is -2.06. The van der Waals surface area contributed by atoms with Crippen LogP contribution in [-0.2, 0) is 11.3 Å². The molecular formula is C18H27NO2. The van der Waals surface area contributed by atoms with Gasteiger partial charge in [0, 0.05) is 18.5 Å². The normalized spacial score (nSPS) is 10.3. The van der Waals surface area contributed by atoms with Crippen molar-refractivity contribution in [3.63, 3.8) is 0 Å². The number of hydrogen-bond acceptors (Lipinski definition) is 2. The highest BCUT2D eigenvalue weighted by atomic mass is 16.1. The molecule has 0 aliphatic rings. The Morgan fingerprint density at radius 2 is 1.62 bits per heavy atom. The van der Waals surface area contributed by atoms with Gasteiger partial charge in [0.05, 0.1) is 0 Å². The Balaban J connectivity index is 2.06. The molecule has 0 fully saturated rings. The van der Waals surface area contributed by atoms with Crippen molar-refractivity contribution in [1.82, 2.24) is 5.32 Å². The average molecular weight is 289 g/mol. The van der Waals surface area contributed by atoms with Crippen LogP contribution in [-0.4, -0.2) is 12.2 Å². The van der Waals surface area contributed by atoms with Crippen LogP contribution in [0, 0.1) is 0 Å². The minimum atomic E-state index is 0.114. The van der Waals surface area contributed by atoms with Crippen LogP contribution in [0.1, 0.15) is 74.2 Å². The molecule has 0 saturated heterocycles. The molecule has 3 heteroatoms. The van der Waals surface area contributed by atoms with Crippen molar-refractivity contribution in [3.8, 4) is 0 Å². The molecule has 0 aliphatic carbocycles. The Morgan fingerprint density at radius 1 is 1.00 bits per heavy atom. The topological polar surface area (TPSA) is 46.2 Å².